The number of halogens is 1. The average Bonchev–Trinajstić information content (AvgIpc) is 2.65. The van der Waals surface area contributed by atoms with E-state index in [0.717, 1.165) is 58.3 Å². The summed E-state index contributed by atoms with van der Waals surface area (Å²) in [6.07, 6.45) is 2.43. The second-order valence-corrected chi connectivity index (χ2v) is 6.85. The van der Waals surface area contributed by atoms with Crippen molar-refractivity contribution in [1.82, 2.24) is 20.0 Å². The van der Waals surface area contributed by atoms with Crippen LogP contribution in [0.1, 0.15) is 25.3 Å². The number of rotatable bonds is 8. The van der Waals surface area contributed by atoms with Crippen molar-refractivity contribution < 1.29 is 0 Å². The molecule has 148 valence electrons. The first-order valence-electron chi connectivity index (χ1n) is 9.63. The number of hydrogen-bond acceptors (Lipinski definition) is 3. The lowest BCUT2D eigenvalue weighted by molar-refractivity contribution is 0.128. The molecule has 0 spiro atoms. The molecule has 1 fully saturated rings. The molecule has 1 aliphatic heterocycles. The van der Waals surface area contributed by atoms with Crippen molar-refractivity contribution in [2.75, 3.05) is 59.9 Å². The number of hydrogen-bond donors (Lipinski definition) is 1. The summed E-state index contributed by atoms with van der Waals surface area (Å²) in [5, 5.41) is 3.50. The van der Waals surface area contributed by atoms with Gasteiger partial charge in [0.05, 0.1) is 0 Å². The summed E-state index contributed by atoms with van der Waals surface area (Å²) < 4.78 is 0. The smallest absolute Gasteiger partial charge is 0.193 e. The predicted octanol–water partition coefficient (Wildman–Crippen LogP) is 2.73. The van der Waals surface area contributed by atoms with Gasteiger partial charge in [0.15, 0.2) is 5.96 Å². The van der Waals surface area contributed by atoms with Crippen molar-refractivity contribution in [1.29, 1.82) is 0 Å². The lowest BCUT2D eigenvalue weighted by atomic mass is 10.2. The van der Waals surface area contributed by atoms with Gasteiger partial charge >= 0.3 is 0 Å². The standard InChI is InChI=1S/C20H35N5.HI/c1-4-5-12-23(3)20(21-2)22-11-13-24-14-16-25(17-15-24)18-19-9-7-6-8-10-19;/h6-10H,4-5,11-18H2,1-3H3,(H,21,22);1H. The maximum Gasteiger partial charge on any atom is 0.193 e. The molecular weight excluding hydrogens is 437 g/mol. The molecule has 0 atom stereocenters. The molecule has 2 rings (SSSR count). The molecular formula is C20H36IN5. The molecule has 1 aromatic carbocycles. The monoisotopic (exact) mass is 473 g/mol. The number of benzene rings is 1. The van der Waals surface area contributed by atoms with Crippen LogP contribution in [0.15, 0.2) is 35.3 Å². The van der Waals surface area contributed by atoms with Crippen molar-refractivity contribution in [3.63, 3.8) is 0 Å². The third-order valence-corrected chi connectivity index (χ3v) is 4.85. The van der Waals surface area contributed by atoms with Crippen LogP contribution in [-0.4, -0.2) is 80.6 Å². The van der Waals surface area contributed by atoms with Gasteiger partial charge in [-0.15, -0.1) is 24.0 Å². The predicted molar refractivity (Wildman–Crippen MR) is 122 cm³/mol. The quantitative estimate of drug-likeness (QED) is 0.358. The Morgan fingerprint density at radius 3 is 2.38 bits per heavy atom. The Kier molecular flexibility index (Phi) is 11.9. The zero-order valence-electron chi connectivity index (χ0n) is 16.7. The molecule has 1 saturated heterocycles. The van der Waals surface area contributed by atoms with E-state index >= 15 is 0 Å². The molecule has 0 saturated carbocycles. The minimum Gasteiger partial charge on any atom is -0.355 e. The van der Waals surface area contributed by atoms with E-state index in [1.54, 1.807) is 0 Å². The van der Waals surface area contributed by atoms with E-state index in [0.29, 0.717) is 0 Å². The maximum atomic E-state index is 4.39. The summed E-state index contributed by atoms with van der Waals surface area (Å²) in [5.74, 6) is 1.01. The molecule has 1 heterocycles. The Morgan fingerprint density at radius 1 is 1.12 bits per heavy atom. The summed E-state index contributed by atoms with van der Waals surface area (Å²) in [5.41, 5.74) is 1.41. The maximum absolute atomic E-state index is 4.39. The van der Waals surface area contributed by atoms with Crippen molar-refractivity contribution >= 4 is 29.9 Å². The highest BCUT2D eigenvalue weighted by Gasteiger charge is 2.16. The van der Waals surface area contributed by atoms with Crippen LogP contribution in [-0.2, 0) is 6.54 Å². The molecule has 6 heteroatoms. The third kappa shape index (κ3) is 8.22. The molecule has 26 heavy (non-hydrogen) atoms. The van der Waals surface area contributed by atoms with E-state index in [9.17, 15) is 0 Å². The van der Waals surface area contributed by atoms with Gasteiger partial charge in [-0.05, 0) is 12.0 Å². The number of nitrogens with one attached hydrogen (secondary N) is 1. The Labute approximate surface area is 176 Å². The second kappa shape index (κ2) is 13.3. The fourth-order valence-electron chi connectivity index (χ4n) is 3.22. The van der Waals surface area contributed by atoms with Crippen LogP contribution in [0.2, 0.25) is 0 Å². The highest BCUT2D eigenvalue weighted by atomic mass is 127. The lowest BCUT2D eigenvalue weighted by Gasteiger charge is -2.35. The molecule has 0 aromatic heterocycles. The fraction of sp³-hybridized carbons (Fsp3) is 0.650. The van der Waals surface area contributed by atoms with Gasteiger partial charge in [0.2, 0.25) is 0 Å². The average molecular weight is 473 g/mol. The van der Waals surface area contributed by atoms with Crippen LogP contribution in [0.25, 0.3) is 0 Å². The van der Waals surface area contributed by atoms with Gasteiger partial charge in [0.25, 0.3) is 0 Å². The van der Waals surface area contributed by atoms with Crippen molar-refractivity contribution in [3.8, 4) is 0 Å². The number of unbranched alkanes of at least 4 members (excludes halogenated alkanes) is 1. The Bertz CT molecular complexity index is 500. The summed E-state index contributed by atoms with van der Waals surface area (Å²) in [7, 11) is 3.99. The van der Waals surface area contributed by atoms with E-state index < -0.39 is 0 Å². The minimum absolute atomic E-state index is 0. The van der Waals surface area contributed by atoms with E-state index in [1.165, 1.54) is 18.4 Å². The lowest BCUT2D eigenvalue weighted by Crippen LogP contribution is -2.49. The van der Waals surface area contributed by atoms with Crippen molar-refractivity contribution in [2.24, 2.45) is 4.99 Å². The molecule has 1 N–H and O–H groups in total. The molecule has 0 radical (unpaired) electrons. The summed E-state index contributed by atoms with van der Waals surface area (Å²) >= 11 is 0. The van der Waals surface area contributed by atoms with Gasteiger partial charge < -0.3 is 10.2 Å². The van der Waals surface area contributed by atoms with Crippen LogP contribution in [0.3, 0.4) is 0 Å². The first-order valence-corrected chi connectivity index (χ1v) is 9.63. The zero-order valence-corrected chi connectivity index (χ0v) is 19.0. The van der Waals surface area contributed by atoms with Crippen molar-refractivity contribution in [2.45, 2.75) is 26.3 Å². The molecule has 0 amide bonds. The largest absolute Gasteiger partial charge is 0.355 e. The van der Waals surface area contributed by atoms with Crippen LogP contribution in [0, 0.1) is 0 Å². The highest BCUT2D eigenvalue weighted by Crippen LogP contribution is 2.08. The first-order chi connectivity index (χ1) is 12.2. The Morgan fingerprint density at radius 2 is 1.77 bits per heavy atom. The zero-order chi connectivity index (χ0) is 17.9. The van der Waals surface area contributed by atoms with Gasteiger partial charge in [0.1, 0.15) is 0 Å². The number of guanidine groups is 1. The van der Waals surface area contributed by atoms with Crippen LogP contribution in [0.4, 0.5) is 0 Å². The third-order valence-electron chi connectivity index (χ3n) is 4.85. The summed E-state index contributed by atoms with van der Waals surface area (Å²) in [4.78, 5) is 11.7. The van der Waals surface area contributed by atoms with E-state index in [-0.39, 0.29) is 24.0 Å². The molecule has 1 aliphatic rings. The van der Waals surface area contributed by atoms with Gasteiger partial charge in [-0.1, -0.05) is 43.7 Å². The van der Waals surface area contributed by atoms with Gasteiger partial charge in [0, 0.05) is 66.5 Å². The molecule has 0 aliphatic carbocycles. The van der Waals surface area contributed by atoms with Gasteiger partial charge in [-0.3, -0.25) is 14.8 Å². The van der Waals surface area contributed by atoms with Gasteiger partial charge in [-0.25, -0.2) is 0 Å². The highest BCUT2D eigenvalue weighted by molar-refractivity contribution is 14.0. The number of aliphatic imine (C=N–C) groups is 1. The van der Waals surface area contributed by atoms with E-state index in [4.69, 9.17) is 0 Å². The van der Waals surface area contributed by atoms with E-state index in [1.807, 2.05) is 7.05 Å². The molecule has 1 aromatic rings. The molecule has 0 bridgehead atoms. The van der Waals surface area contributed by atoms with E-state index in [2.05, 4.69) is 69.3 Å². The summed E-state index contributed by atoms with van der Waals surface area (Å²) in [6, 6.07) is 10.8. The normalized spacial score (nSPS) is 16.2. The first kappa shape index (κ1) is 23.2. The molecule has 0 unspecified atom stereocenters. The number of piperazine rings is 1. The fourth-order valence-corrected chi connectivity index (χ4v) is 3.22. The Balaban J connectivity index is 0.00000338. The van der Waals surface area contributed by atoms with Crippen LogP contribution >= 0.6 is 24.0 Å². The van der Waals surface area contributed by atoms with Crippen LogP contribution < -0.4 is 5.32 Å². The second-order valence-electron chi connectivity index (χ2n) is 6.85. The van der Waals surface area contributed by atoms with Crippen molar-refractivity contribution in [3.05, 3.63) is 35.9 Å². The Hall–Kier alpha value is -0.860. The molecule has 5 nitrogen and oxygen atoms in total. The number of nitrogens with zero attached hydrogens (tertiary/aromatic N) is 4. The SMILES string of the molecule is CCCCN(C)C(=NC)NCCN1CCN(Cc2ccccc2)CC1.I. The van der Waals surface area contributed by atoms with Gasteiger partial charge in [-0.2, -0.15) is 0 Å². The topological polar surface area (TPSA) is 34.1 Å². The summed E-state index contributed by atoms with van der Waals surface area (Å²) in [6.45, 7) is 11.0. The van der Waals surface area contributed by atoms with Crippen LogP contribution in [0.5, 0.6) is 0 Å². The minimum atomic E-state index is 0.